The van der Waals surface area contributed by atoms with Crippen LogP contribution in [0.4, 0.5) is 17.3 Å². The second-order valence-corrected chi connectivity index (χ2v) is 6.86. The summed E-state index contributed by atoms with van der Waals surface area (Å²) in [5.41, 5.74) is 3.95. The fraction of sp³-hybridized carbons (Fsp3) is 0.167. The van der Waals surface area contributed by atoms with E-state index < -0.39 is 5.41 Å². The Morgan fingerprint density at radius 3 is 3.00 bits per heavy atom. The van der Waals surface area contributed by atoms with Gasteiger partial charge in [0.15, 0.2) is 5.65 Å². The van der Waals surface area contributed by atoms with Crippen LogP contribution >= 0.6 is 0 Å². The zero-order valence-corrected chi connectivity index (χ0v) is 14.6. The second-order valence-electron chi connectivity index (χ2n) is 6.86. The molecule has 134 valence electrons. The minimum absolute atomic E-state index is 0.00931. The Morgan fingerprint density at radius 1 is 1.30 bits per heavy atom. The third-order valence-corrected chi connectivity index (χ3v) is 4.73. The van der Waals surface area contributed by atoms with Crippen LogP contribution in [0.25, 0.3) is 16.9 Å². The number of benzene rings is 1. The molecule has 0 saturated carbocycles. The van der Waals surface area contributed by atoms with Crippen LogP contribution in [0.2, 0.25) is 0 Å². The molecule has 0 atom stereocenters. The number of nitrogens with one attached hydrogen (secondary N) is 2. The summed E-state index contributed by atoms with van der Waals surface area (Å²) in [5, 5.41) is 14.2. The monoisotopic (exact) mass is 361 g/mol. The molecule has 1 aliphatic rings. The first kappa shape index (κ1) is 15.5. The number of carbonyl (C=O) groups is 1. The largest absolute Gasteiger partial charge is 0.364 e. The van der Waals surface area contributed by atoms with Crippen molar-refractivity contribution in [2.75, 3.05) is 10.6 Å². The third-order valence-electron chi connectivity index (χ3n) is 4.73. The van der Waals surface area contributed by atoms with E-state index in [1.807, 2.05) is 32.0 Å². The predicted molar refractivity (Wildman–Crippen MR) is 97.7 cm³/mol. The zero-order valence-electron chi connectivity index (χ0n) is 14.6. The molecule has 5 rings (SSSR count). The first-order chi connectivity index (χ1) is 13.0. The van der Waals surface area contributed by atoms with Gasteiger partial charge in [-0.1, -0.05) is 11.2 Å². The molecule has 4 heterocycles. The molecule has 0 radical (unpaired) electrons. The van der Waals surface area contributed by atoms with E-state index in [-0.39, 0.29) is 5.91 Å². The van der Waals surface area contributed by atoms with Crippen LogP contribution in [0.15, 0.2) is 47.6 Å². The van der Waals surface area contributed by atoms with Gasteiger partial charge in [0.1, 0.15) is 12.0 Å². The molecule has 3 aromatic heterocycles. The summed E-state index contributed by atoms with van der Waals surface area (Å²) >= 11 is 0. The molecule has 0 aliphatic carbocycles. The molecule has 0 bridgehead atoms. The predicted octanol–water partition coefficient (Wildman–Crippen LogP) is 2.75. The fourth-order valence-electron chi connectivity index (χ4n) is 3.20. The fourth-order valence-corrected chi connectivity index (χ4v) is 3.20. The van der Waals surface area contributed by atoms with Gasteiger partial charge >= 0.3 is 0 Å². The topological polar surface area (TPSA) is 110 Å². The van der Waals surface area contributed by atoms with Crippen molar-refractivity contribution in [3.8, 4) is 11.3 Å². The second kappa shape index (κ2) is 5.37. The van der Waals surface area contributed by atoms with E-state index >= 15 is 0 Å². The summed E-state index contributed by atoms with van der Waals surface area (Å²) in [7, 11) is 0. The first-order valence-corrected chi connectivity index (χ1v) is 8.36. The molecular formula is C18H15N7O2. The normalized spacial score (nSPS) is 15.0. The lowest BCUT2D eigenvalue weighted by atomic mass is 9.86. The van der Waals surface area contributed by atoms with Crippen molar-refractivity contribution < 1.29 is 9.32 Å². The Labute approximate surface area is 153 Å². The maximum atomic E-state index is 12.1. The van der Waals surface area contributed by atoms with E-state index in [0.717, 1.165) is 22.5 Å². The van der Waals surface area contributed by atoms with Gasteiger partial charge in [-0.05, 0) is 31.5 Å². The number of aromatic nitrogens is 5. The average Bonchev–Trinajstić information content (AvgIpc) is 3.34. The molecule has 0 spiro atoms. The van der Waals surface area contributed by atoms with Crippen molar-refractivity contribution in [3.63, 3.8) is 0 Å². The molecule has 1 amide bonds. The third kappa shape index (κ3) is 2.35. The van der Waals surface area contributed by atoms with Gasteiger partial charge < -0.3 is 15.2 Å². The van der Waals surface area contributed by atoms with Gasteiger partial charge in [0.05, 0.1) is 17.2 Å². The standard InChI is InChI=1S/C18H15N7O2/c1-18(2)12-4-3-11(7-13(12)22-16(18)26)21-17-23-15-14(10-8-20-27-9-10)19-5-6-25(15)24-17/h3-9H,1-2H3,(H,21,24)(H,22,26). The van der Waals surface area contributed by atoms with Gasteiger partial charge in [-0.15, -0.1) is 5.10 Å². The highest BCUT2D eigenvalue weighted by atomic mass is 16.5. The van der Waals surface area contributed by atoms with Gasteiger partial charge in [-0.25, -0.2) is 4.52 Å². The van der Waals surface area contributed by atoms with E-state index in [1.165, 1.54) is 6.26 Å². The van der Waals surface area contributed by atoms with Crippen LogP contribution in [-0.2, 0) is 10.2 Å². The molecule has 0 unspecified atom stereocenters. The van der Waals surface area contributed by atoms with Gasteiger partial charge in [0.25, 0.3) is 0 Å². The number of fused-ring (bicyclic) bond motifs is 2. The van der Waals surface area contributed by atoms with Crippen LogP contribution in [0, 0.1) is 0 Å². The van der Waals surface area contributed by atoms with E-state index in [1.54, 1.807) is 23.1 Å². The molecule has 0 fully saturated rings. The van der Waals surface area contributed by atoms with E-state index in [4.69, 9.17) is 4.52 Å². The number of nitrogens with zero attached hydrogens (tertiary/aromatic N) is 5. The van der Waals surface area contributed by atoms with Crippen molar-refractivity contribution in [3.05, 3.63) is 48.6 Å². The lowest BCUT2D eigenvalue weighted by Gasteiger charge is -2.14. The summed E-state index contributed by atoms with van der Waals surface area (Å²) in [6.45, 7) is 3.81. The average molecular weight is 361 g/mol. The number of hydrogen-bond donors (Lipinski definition) is 2. The van der Waals surface area contributed by atoms with Gasteiger partial charge in [0.2, 0.25) is 11.9 Å². The molecular weight excluding hydrogens is 346 g/mol. The molecule has 27 heavy (non-hydrogen) atoms. The molecule has 0 saturated heterocycles. The first-order valence-electron chi connectivity index (χ1n) is 8.36. The summed E-state index contributed by atoms with van der Waals surface area (Å²) in [6, 6.07) is 5.73. The molecule has 9 heteroatoms. The number of amides is 1. The summed E-state index contributed by atoms with van der Waals surface area (Å²) in [4.78, 5) is 21.0. The zero-order chi connectivity index (χ0) is 18.6. The lowest BCUT2D eigenvalue weighted by Crippen LogP contribution is -2.26. The Kier molecular flexibility index (Phi) is 3.08. The Bertz CT molecular complexity index is 1180. The summed E-state index contributed by atoms with van der Waals surface area (Å²) < 4.78 is 6.53. The van der Waals surface area contributed by atoms with Crippen molar-refractivity contribution in [2.45, 2.75) is 19.3 Å². The molecule has 1 aliphatic heterocycles. The minimum Gasteiger partial charge on any atom is -0.364 e. The highest BCUT2D eigenvalue weighted by molar-refractivity contribution is 6.06. The quantitative estimate of drug-likeness (QED) is 0.577. The highest BCUT2D eigenvalue weighted by Crippen LogP contribution is 2.38. The molecule has 1 aromatic carbocycles. The number of anilines is 3. The van der Waals surface area contributed by atoms with Crippen molar-refractivity contribution in [2.24, 2.45) is 0 Å². The van der Waals surface area contributed by atoms with Crippen molar-refractivity contribution in [1.82, 2.24) is 24.7 Å². The smallest absolute Gasteiger partial charge is 0.247 e. The van der Waals surface area contributed by atoms with Crippen LogP contribution in [0.3, 0.4) is 0 Å². The maximum absolute atomic E-state index is 12.1. The van der Waals surface area contributed by atoms with Crippen molar-refractivity contribution in [1.29, 1.82) is 0 Å². The Balaban J connectivity index is 1.51. The number of carbonyl (C=O) groups excluding carboxylic acids is 1. The number of rotatable bonds is 3. The van der Waals surface area contributed by atoms with E-state index in [2.05, 4.69) is 30.9 Å². The molecule has 2 N–H and O–H groups in total. The van der Waals surface area contributed by atoms with E-state index in [0.29, 0.717) is 17.3 Å². The van der Waals surface area contributed by atoms with Crippen LogP contribution in [-0.4, -0.2) is 30.6 Å². The van der Waals surface area contributed by atoms with Crippen LogP contribution < -0.4 is 10.6 Å². The van der Waals surface area contributed by atoms with Crippen LogP contribution in [0.1, 0.15) is 19.4 Å². The lowest BCUT2D eigenvalue weighted by molar-refractivity contribution is -0.119. The minimum atomic E-state index is -0.533. The maximum Gasteiger partial charge on any atom is 0.247 e. The number of hydrogen-bond acceptors (Lipinski definition) is 7. The summed E-state index contributed by atoms with van der Waals surface area (Å²) in [6.07, 6.45) is 6.45. The van der Waals surface area contributed by atoms with Gasteiger partial charge in [-0.3, -0.25) is 9.78 Å². The van der Waals surface area contributed by atoms with E-state index in [9.17, 15) is 4.79 Å². The molecule has 9 nitrogen and oxygen atoms in total. The Morgan fingerprint density at radius 2 is 2.19 bits per heavy atom. The summed E-state index contributed by atoms with van der Waals surface area (Å²) in [5.74, 6) is 0.411. The SMILES string of the molecule is CC1(C)C(=O)Nc2cc(Nc3nc4c(-c5cnoc5)nccn4n3)ccc21. The van der Waals surface area contributed by atoms with Gasteiger partial charge in [-0.2, -0.15) is 4.98 Å². The van der Waals surface area contributed by atoms with Gasteiger partial charge in [0, 0.05) is 23.8 Å². The van der Waals surface area contributed by atoms with Crippen LogP contribution in [0.5, 0.6) is 0 Å². The Hall–Kier alpha value is -3.75. The molecule has 4 aromatic rings. The van der Waals surface area contributed by atoms with Crippen molar-refractivity contribution >= 4 is 28.9 Å². The highest BCUT2D eigenvalue weighted by Gasteiger charge is 2.38.